The van der Waals surface area contributed by atoms with Crippen molar-refractivity contribution in [3.05, 3.63) is 33.9 Å². The zero-order valence-corrected chi connectivity index (χ0v) is 16.6. The summed E-state index contributed by atoms with van der Waals surface area (Å²) in [5, 5.41) is 11.1. The molecule has 3 aliphatic rings. The number of likely N-dealkylation sites (N-methyl/N-ethyl adjacent to an activating group) is 1. The number of hydrogen-bond donors (Lipinski definition) is 0. The van der Waals surface area contributed by atoms with E-state index in [4.69, 9.17) is 4.74 Å². The molecule has 3 fully saturated rings. The van der Waals surface area contributed by atoms with E-state index in [1.165, 1.54) is 16.4 Å². The first-order valence-corrected chi connectivity index (χ1v) is 10.7. The summed E-state index contributed by atoms with van der Waals surface area (Å²) in [6, 6.07) is 3.48. The molecule has 0 aliphatic carbocycles. The second-order valence-corrected chi connectivity index (χ2v) is 9.87. The van der Waals surface area contributed by atoms with Crippen molar-refractivity contribution < 1.29 is 22.9 Å². The van der Waals surface area contributed by atoms with E-state index in [1.807, 2.05) is 0 Å². The third-order valence-electron chi connectivity index (χ3n) is 6.16. The molecule has 1 aromatic carbocycles. The number of morpholine rings is 1. The molecule has 0 N–H and O–H groups in total. The van der Waals surface area contributed by atoms with E-state index in [2.05, 4.69) is 0 Å². The Hall–Kier alpha value is -2.04. The number of carbonyl (C=O) groups is 1. The number of carbonyl (C=O) groups excluding carboxylic acids is 1. The molecular weight excluding hydrogens is 386 g/mol. The first-order chi connectivity index (χ1) is 13.1. The van der Waals surface area contributed by atoms with Gasteiger partial charge in [0.25, 0.3) is 5.69 Å². The van der Waals surface area contributed by atoms with Gasteiger partial charge >= 0.3 is 0 Å². The molecule has 2 bridgehead atoms. The van der Waals surface area contributed by atoms with Gasteiger partial charge in [-0.15, -0.1) is 0 Å². The number of hydrogen-bond acceptors (Lipinski definition) is 6. The van der Waals surface area contributed by atoms with Crippen molar-refractivity contribution in [1.82, 2.24) is 9.21 Å². The number of piperidine rings is 1. The largest absolute Gasteiger partial charge is 0.363 e. The fourth-order valence-electron chi connectivity index (χ4n) is 4.89. The van der Waals surface area contributed by atoms with Gasteiger partial charge in [-0.3, -0.25) is 14.9 Å². The van der Waals surface area contributed by atoms with Gasteiger partial charge in [0.05, 0.1) is 15.4 Å². The van der Waals surface area contributed by atoms with Crippen molar-refractivity contribution in [2.24, 2.45) is 0 Å². The molecule has 2 unspecified atom stereocenters. The fraction of sp³-hybridized carbons (Fsp3) is 0.611. The zero-order chi connectivity index (χ0) is 20.3. The summed E-state index contributed by atoms with van der Waals surface area (Å²) in [6.45, 7) is 2.13. The Labute approximate surface area is 163 Å². The van der Waals surface area contributed by atoms with E-state index in [0.29, 0.717) is 24.9 Å². The van der Waals surface area contributed by atoms with Gasteiger partial charge in [0, 0.05) is 37.8 Å². The second-order valence-electron chi connectivity index (χ2n) is 8.06. The van der Waals surface area contributed by atoms with Crippen molar-refractivity contribution in [1.29, 1.82) is 0 Å². The van der Waals surface area contributed by atoms with Gasteiger partial charge in [-0.2, -0.15) is 4.31 Å². The standard InChI is InChI=1S/C18H23N3O6S/c1-12-3-4-13(21(23)24)7-16(12)28(25,26)20-14-5-6-15(20)9-18(8-14)11-19(2)17(22)10-27-18/h3-4,7,14-15H,5-6,8-11H2,1-2H3. The summed E-state index contributed by atoms with van der Waals surface area (Å²) < 4.78 is 34.3. The van der Waals surface area contributed by atoms with Crippen LogP contribution in [-0.2, 0) is 19.6 Å². The number of sulfonamides is 1. The molecule has 2 atom stereocenters. The van der Waals surface area contributed by atoms with Gasteiger partial charge in [-0.25, -0.2) is 8.42 Å². The second kappa shape index (κ2) is 6.50. The summed E-state index contributed by atoms with van der Waals surface area (Å²) in [7, 11) is -2.13. The van der Waals surface area contributed by atoms with Crippen LogP contribution in [0.25, 0.3) is 0 Å². The molecule has 1 amide bonds. The topological polar surface area (TPSA) is 110 Å². The number of aryl methyl sites for hydroxylation is 1. The van der Waals surface area contributed by atoms with Crippen LogP contribution in [0.5, 0.6) is 0 Å². The Kier molecular flexibility index (Phi) is 4.48. The van der Waals surface area contributed by atoms with E-state index in [9.17, 15) is 23.3 Å². The smallest absolute Gasteiger partial charge is 0.270 e. The van der Waals surface area contributed by atoms with Crippen molar-refractivity contribution >= 4 is 21.6 Å². The molecule has 9 nitrogen and oxygen atoms in total. The maximum Gasteiger partial charge on any atom is 0.270 e. The van der Waals surface area contributed by atoms with Gasteiger partial charge in [0.15, 0.2) is 0 Å². The molecule has 0 aromatic heterocycles. The highest BCUT2D eigenvalue weighted by atomic mass is 32.2. The first kappa shape index (κ1) is 19.3. The lowest BCUT2D eigenvalue weighted by Gasteiger charge is -2.49. The Balaban J connectivity index is 1.66. The summed E-state index contributed by atoms with van der Waals surface area (Å²) in [5.41, 5.74) is -0.261. The summed E-state index contributed by atoms with van der Waals surface area (Å²) >= 11 is 0. The monoisotopic (exact) mass is 409 g/mol. The molecule has 28 heavy (non-hydrogen) atoms. The molecule has 0 saturated carbocycles. The third-order valence-corrected chi connectivity index (χ3v) is 8.31. The van der Waals surface area contributed by atoms with Gasteiger partial charge in [0.1, 0.15) is 6.61 Å². The molecular formula is C18H23N3O6S. The molecule has 3 aliphatic heterocycles. The lowest BCUT2D eigenvalue weighted by atomic mass is 9.86. The molecule has 10 heteroatoms. The number of nitrogens with zero attached hydrogens (tertiary/aromatic N) is 3. The van der Waals surface area contributed by atoms with Crippen LogP contribution in [0, 0.1) is 17.0 Å². The van der Waals surface area contributed by atoms with Gasteiger partial charge < -0.3 is 9.64 Å². The summed E-state index contributed by atoms with van der Waals surface area (Å²) in [6.07, 6.45) is 2.49. The van der Waals surface area contributed by atoms with Crippen molar-refractivity contribution in [2.45, 2.75) is 55.2 Å². The third kappa shape index (κ3) is 2.99. The molecule has 4 rings (SSSR count). The molecule has 1 aromatic rings. The number of nitro groups is 1. The van der Waals surface area contributed by atoms with Crippen LogP contribution < -0.4 is 0 Å². The Morgan fingerprint density at radius 1 is 1.25 bits per heavy atom. The van der Waals surface area contributed by atoms with Crippen molar-refractivity contribution in [3.63, 3.8) is 0 Å². The van der Waals surface area contributed by atoms with E-state index >= 15 is 0 Å². The SMILES string of the molecule is Cc1ccc([N+](=O)[O-])cc1S(=O)(=O)N1C2CCC1CC1(C2)CN(C)C(=O)CO1. The average Bonchev–Trinajstić information content (AvgIpc) is 2.92. The molecule has 0 radical (unpaired) electrons. The molecule has 152 valence electrons. The number of benzene rings is 1. The lowest BCUT2D eigenvalue weighted by molar-refractivity contribution is -0.385. The highest BCUT2D eigenvalue weighted by Crippen LogP contribution is 2.46. The van der Waals surface area contributed by atoms with Crippen LogP contribution in [-0.4, -0.2) is 66.3 Å². The lowest BCUT2D eigenvalue weighted by Crippen LogP contribution is -2.61. The van der Waals surface area contributed by atoms with Gasteiger partial charge in [0.2, 0.25) is 15.9 Å². The maximum atomic E-state index is 13.4. The van der Waals surface area contributed by atoms with Crippen molar-refractivity contribution in [3.8, 4) is 0 Å². The number of ether oxygens (including phenoxy) is 1. The van der Waals surface area contributed by atoms with E-state index in [-0.39, 0.29) is 35.2 Å². The summed E-state index contributed by atoms with van der Waals surface area (Å²) in [4.78, 5) is 23.9. The van der Waals surface area contributed by atoms with Crippen LogP contribution in [0.2, 0.25) is 0 Å². The Morgan fingerprint density at radius 3 is 2.46 bits per heavy atom. The quantitative estimate of drug-likeness (QED) is 0.552. The highest BCUT2D eigenvalue weighted by molar-refractivity contribution is 7.89. The predicted octanol–water partition coefficient (Wildman–Crippen LogP) is 1.45. The molecule has 3 saturated heterocycles. The fourth-order valence-corrected chi connectivity index (χ4v) is 7.00. The minimum Gasteiger partial charge on any atom is -0.363 e. The molecule has 3 heterocycles. The van der Waals surface area contributed by atoms with E-state index < -0.39 is 20.5 Å². The number of rotatable bonds is 3. The van der Waals surface area contributed by atoms with Crippen molar-refractivity contribution in [2.75, 3.05) is 20.2 Å². The maximum absolute atomic E-state index is 13.4. The Morgan fingerprint density at radius 2 is 1.89 bits per heavy atom. The van der Waals surface area contributed by atoms with Gasteiger partial charge in [-0.05, 0) is 38.2 Å². The highest BCUT2D eigenvalue weighted by Gasteiger charge is 2.55. The van der Waals surface area contributed by atoms with Crippen LogP contribution >= 0.6 is 0 Å². The van der Waals surface area contributed by atoms with Crippen LogP contribution in [0.1, 0.15) is 31.2 Å². The predicted molar refractivity (Wildman–Crippen MR) is 99.2 cm³/mol. The number of non-ortho nitro benzene ring substituents is 1. The number of nitro benzene ring substituents is 1. The van der Waals surface area contributed by atoms with Crippen LogP contribution in [0.3, 0.4) is 0 Å². The number of amides is 1. The number of fused-ring (bicyclic) bond motifs is 2. The molecule has 1 spiro atoms. The normalized spacial score (nSPS) is 30.8. The average molecular weight is 409 g/mol. The minimum absolute atomic E-state index is 0.00796. The van der Waals surface area contributed by atoms with E-state index in [1.54, 1.807) is 18.9 Å². The van der Waals surface area contributed by atoms with Gasteiger partial charge in [-0.1, -0.05) is 6.07 Å². The van der Waals surface area contributed by atoms with Crippen LogP contribution in [0.4, 0.5) is 5.69 Å². The van der Waals surface area contributed by atoms with Crippen LogP contribution in [0.15, 0.2) is 23.1 Å². The zero-order valence-electron chi connectivity index (χ0n) is 15.8. The van der Waals surface area contributed by atoms with E-state index in [0.717, 1.165) is 18.9 Å². The Bertz CT molecular complexity index is 933. The first-order valence-electron chi connectivity index (χ1n) is 9.29. The summed E-state index contributed by atoms with van der Waals surface area (Å²) in [5.74, 6) is -0.0692. The minimum atomic E-state index is -3.87.